The third-order valence-corrected chi connectivity index (χ3v) is 4.30. The average Bonchev–Trinajstić information content (AvgIpc) is 2.81. The Kier molecular flexibility index (Phi) is 6.66. The fourth-order valence-electron chi connectivity index (χ4n) is 2.71. The molecule has 0 bridgehead atoms. The number of benzene rings is 3. The molecule has 30 heavy (non-hydrogen) atoms. The van der Waals surface area contributed by atoms with Crippen molar-refractivity contribution in [1.82, 2.24) is 0 Å². The topological polar surface area (TPSA) is 52.6 Å². The largest absolute Gasteiger partial charge is 0.489 e. The van der Waals surface area contributed by atoms with Crippen LogP contribution >= 0.6 is 0 Å². The van der Waals surface area contributed by atoms with Gasteiger partial charge in [-0.05, 0) is 77.6 Å². The molecule has 3 aromatic rings. The SMILES string of the molecule is C#CC(=O)c1ccc(OCc2cccc(COc3ccc(C(=O)C#C)cc3)c2)cc1. The molecule has 0 unspecified atom stereocenters. The van der Waals surface area contributed by atoms with Crippen molar-refractivity contribution in [2.45, 2.75) is 13.2 Å². The van der Waals surface area contributed by atoms with Gasteiger partial charge in [-0.2, -0.15) is 0 Å². The normalized spacial score (nSPS) is 9.80. The lowest BCUT2D eigenvalue weighted by Gasteiger charge is -2.10. The summed E-state index contributed by atoms with van der Waals surface area (Å²) in [6.45, 7) is 0.748. The summed E-state index contributed by atoms with van der Waals surface area (Å²) in [5.74, 6) is 4.75. The lowest BCUT2D eigenvalue weighted by Crippen LogP contribution is -2.00. The van der Waals surface area contributed by atoms with Crippen LogP contribution in [-0.4, -0.2) is 11.6 Å². The molecule has 0 aliphatic rings. The molecule has 0 radical (unpaired) electrons. The molecular weight excluding hydrogens is 376 g/mol. The van der Waals surface area contributed by atoms with Crippen molar-refractivity contribution >= 4 is 11.6 Å². The third kappa shape index (κ3) is 5.38. The van der Waals surface area contributed by atoms with E-state index in [1.54, 1.807) is 48.5 Å². The summed E-state index contributed by atoms with van der Waals surface area (Å²) >= 11 is 0. The monoisotopic (exact) mass is 394 g/mol. The highest BCUT2D eigenvalue weighted by Gasteiger charge is 2.04. The van der Waals surface area contributed by atoms with Crippen molar-refractivity contribution in [3.8, 4) is 36.2 Å². The maximum absolute atomic E-state index is 11.5. The quantitative estimate of drug-likeness (QED) is 0.321. The molecule has 0 spiro atoms. The molecule has 0 saturated heterocycles. The molecule has 3 rings (SSSR count). The predicted octanol–water partition coefficient (Wildman–Crippen LogP) is 4.48. The Morgan fingerprint density at radius 3 is 1.43 bits per heavy atom. The maximum atomic E-state index is 11.5. The number of terminal acetylenes is 2. The van der Waals surface area contributed by atoms with E-state index in [2.05, 4.69) is 11.8 Å². The number of rotatable bonds is 8. The van der Waals surface area contributed by atoms with E-state index in [4.69, 9.17) is 22.3 Å². The molecule has 0 N–H and O–H groups in total. The van der Waals surface area contributed by atoms with Crippen molar-refractivity contribution in [3.05, 3.63) is 95.1 Å². The molecule has 0 heterocycles. The van der Waals surface area contributed by atoms with Gasteiger partial charge in [-0.15, -0.1) is 12.8 Å². The first-order valence-electron chi connectivity index (χ1n) is 9.14. The molecule has 4 heteroatoms. The van der Waals surface area contributed by atoms with E-state index in [-0.39, 0.29) is 11.6 Å². The van der Waals surface area contributed by atoms with E-state index in [1.807, 2.05) is 24.3 Å². The average molecular weight is 394 g/mol. The highest BCUT2D eigenvalue weighted by molar-refractivity contribution is 6.09. The number of ether oxygens (including phenoxy) is 2. The maximum Gasteiger partial charge on any atom is 0.235 e. The van der Waals surface area contributed by atoms with Crippen molar-refractivity contribution < 1.29 is 19.1 Å². The summed E-state index contributed by atoms with van der Waals surface area (Å²) in [6, 6.07) is 21.3. The van der Waals surface area contributed by atoms with Gasteiger partial charge in [0, 0.05) is 11.1 Å². The molecule has 146 valence electrons. The van der Waals surface area contributed by atoms with Crippen LogP contribution in [0.25, 0.3) is 0 Å². The van der Waals surface area contributed by atoms with Crippen LogP contribution in [0.15, 0.2) is 72.8 Å². The highest BCUT2D eigenvalue weighted by atomic mass is 16.5. The van der Waals surface area contributed by atoms with Crippen LogP contribution in [0.1, 0.15) is 31.8 Å². The highest BCUT2D eigenvalue weighted by Crippen LogP contribution is 2.17. The van der Waals surface area contributed by atoms with Gasteiger partial charge >= 0.3 is 0 Å². The first kappa shape index (κ1) is 20.5. The van der Waals surface area contributed by atoms with E-state index < -0.39 is 0 Å². The van der Waals surface area contributed by atoms with E-state index in [1.165, 1.54) is 0 Å². The minimum atomic E-state index is -0.355. The molecule has 0 aromatic heterocycles. The van der Waals surface area contributed by atoms with Crippen LogP contribution in [0.4, 0.5) is 0 Å². The van der Waals surface area contributed by atoms with Crippen molar-refractivity contribution in [2.75, 3.05) is 0 Å². The van der Waals surface area contributed by atoms with Gasteiger partial charge < -0.3 is 9.47 Å². The Hall–Kier alpha value is -4.28. The Bertz CT molecular complexity index is 1040. The van der Waals surface area contributed by atoms with Crippen LogP contribution in [0.2, 0.25) is 0 Å². The minimum Gasteiger partial charge on any atom is -0.489 e. The van der Waals surface area contributed by atoms with E-state index in [0.717, 1.165) is 11.1 Å². The lowest BCUT2D eigenvalue weighted by atomic mass is 10.1. The molecule has 0 aliphatic carbocycles. The third-order valence-electron chi connectivity index (χ3n) is 4.30. The van der Waals surface area contributed by atoms with Crippen LogP contribution in [-0.2, 0) is 13.2 Å². The van der Waals surface area contributed by atoms with Gasteiger partial charge in [0.2, 0.25) is 11.6 Å². The lowest BCUT2D eigenvalue weighted by molar-refractivity contribution is 0.104. The fourth-order valence-corrected chi connectivity index (χ4v) is 2.71. The van der Waals surface area contributed by atoms with Crippen LogP contribution in [0.3, 0.4) is 0 Å². The Labute approximate surface area is 175 Å². The minimum absolute atomic E-state index is 0.355. The number of carbonyl (C=O) groups is 2. The van der Waals surface area contributed by atoms with Crippen molar-refractivity contribution in [3.63, 3.8) is 0 Å². The second kappa shape index (κ2) is 9.78. The van der Waals surface area contributed by atoms with Crippen LogP contribution in [0.5, 0.6) is 11.5 Å². The van der Waals surface area contributed by atoms with E-state index in [9.17, 15) is 9.59 Å². The van der Waals surface area contributed by atoms with Gasteiger partial charge in [-0.3, -0.25) is 9.59 Å². The van der Waals surface area contributed by atoms with Gasteiger partial charge in [-0.1, -0.05) is 18.2 Å². The summed E-state index contributed by atoms with van der Waals surface area (Å²) in [7, 11) is 0. The standard InChI is InChI=1S/C26H18O4/c1-3-25(27)21-8-12-23(13-9-21)29-17-19-6-5-7-20(16-19)18-30-24-14-10-22(11-15-24)26(28)4-2/h1-2,5-16H,17-18H2. The zero-order chi connectivity index (χ0) is 21.3. The zero-order valence-corrected chi connectivity index (χ0v) is 16.1. The number of Topliss-reactive ketones (excluding diaryl/α,β-unsaturated/α-hetero) is 2. The first-order valence-corrected chi connectivity index (χ1v) is 9.14. The van der Waals surface area contributed by atoms with Crippen LogP contribution in [0, 0.1) is 24.7 Å². The molecule has 0 saturated carbocycles. The van der Waals surface area contributed by atoms with Crippen LogP contribution < -0.4 is 9.47 Å². The second-order valence-electron chi connectivity index (χ2n) is 6.39. The van der Waals surface area contributed by atoms with Crippen molar-refractivity contribution in [2.24, 2.45) is 0 Å². The summed E-state index contributed by atoms with van der Waals surface area (Å²) in [6.07, 6.45) is 10.2. The summed E-state index contributed by atoms with van der Waals surface area (Å²) in [5.41, 5.74) is 2.88. The first-order chi connectivity index (χ1) is 14.6. The molecule has 0 fully saturated rings. The van der Waals surface area contributed by atoms with Gasteiger partial charge in [0.25, 0.3) is 0 Å². The Morgan fingerprint density at radius 1 is 0.667 bits per heavy atom. The summed E-state index contributed by atoms with van der Waals surface area (Å²) in [5, 5.41) is 0. The summed E-state index contributed by atoms with van der Waals surface area (Å²) in [4.78, 5) is 22.9. The van der Waals surface area contributed by atoms with Gasteiger partial charge in [0.05, 0.1) is 0 Å². The smallest absolute Gasteiger partial charge is 0.235 e. The van der Waals surface area contributed by atoms with Gasteiger partial charge in [0.1, 0.15) is 24.7 Å². The van der Waals surface area contributed by atoms with Gasteiger partial charge in [-0.25, -0.2) is 0 Å². The molecule has 0 amide bonds. The Morgan fingerprint density at radius 2 is 1.07 bits per heavy atom. The fraction of sp³-hybridized carbons (Fsp3) is 0.0769. The molecule has 4 nitrogen and oxygen atoms in total. The molecule has 0 aliphatic heterocycles. The van der Waals surface area contributed by atoms with Crippen molar-refractivity contribution in [1.29, 1.82) is 0 Å². The number of hydrogen-bond acceptors (Lipinski definition) is 4. The second-order valence-corrected chi connectivity index (χ2v) is 6.39. The number of hydrogen-bond donors (Lipinski definition) is 0. The molecule has 3 aromatic carbocycles. The molecular formula is C26H18O4. The van der Waals surface area contributed by atoms with E-state index >= 15 is 0 Å². The predicted molar refractivity (Wildman–Crippen MR) is 114 cm³/mol. The number of ketones is 2. The molecule has 0 atom stereocenters. The van der Waals surface area contributed by atoms with Gasteiger partial charge in [0.15, 0.2) is 0 Å². The summed E-state index contributed by atoms with van der Waals surface area (Å²) < 4.78 is 11.5. The van der Waals surface area contributed by atoms with E-state index in [0.29, 0.717) is 35.8 Å². The number of carbonyl (C=O) groups excluding carboxylic acids is 2. The zero-order valence-electron chi connectivity index (χ0n) is 16.1. The Balaban J connectivity index is 1.56.